The van der Waals surface area contributed by atoms with Crippen LogP contribution in [0.3, 0.4) is 0 Å². The summed E-state index contributed by atoms with van der Waals surface area (Å²) in [4.78, 5) is 25.8. The molecule has 0 unspecified atom stereocenters. The van der Waals surface area contributed by atoms with Crippen LogP contribution in [-0.2, 0) is 9.53 Å². The summed E-state index contributed by atoms with van der Waals surface area (Å²) in [5, 5.41) is 14.4. The van der Waals surface area contributed by atoms with Gasteiger partial charge in [0.25, 0.3) is 5.91 Å². The average molecular weight is 505 g/mol. The van der Waals surface area contributed by atoms with E-state index in [1.165, 1.54) is 17.4 Å². The van der Waals surface area contributed by atoms with Crippen LogP contribution in [-0.4, -0.2) is 31.7 Å². The average Bonchev–Trinajstić information content (AvgIpc) is 3.31. The quantitative estimate of drug-likeness (QED) is 0.186. The predicted molar refractivity (Wildman–Crippen MR) is 141 cm³/mol. The van der Waals surface area contributed by atoms with Gasteiger partial charge in [0.05, 0.1) is 19.8 Å². The summed E-state index contributed by atoms with van der Waals surface area (Å²) in [5.74, 6) is 0.269. The third-order valence-corrected chi connectivity index (χ3v) is 5.90. The van der Waals surface area contributed by atoms with Gasteiger partial charge in [-0.1, -0.05) is 31.2 Å². The number of hydrogen-bond donors (Lipinski definition) is 1. The molecule has 7 nitrogen and oxygen atoms in total. The second kappa shape index (κ2) is 13.1. The highest BCUT2D eigenvalue weighted by Crippen LogP contribution is 2.37. The number of nitriles is 1. The first-order valence-electron chi connectivity index (χ1n) is 11.7. The molecule has 0 atom stereocenters. The molecule has 186 valence electrons. The number of amides is 1. The minimum absolute atomic E-state index is 0.0944. The van der Waals surface area contributed by atoms with E-state index in [1.807, 2.05) is 44.2 Å². The topological polar surface area (TPSA) is 97.6 Å². The van der Waals surface area contributed by atoms with Gasteiger partial charge in [0.15, 0.2) is 0 Å². The number of anilines is 1. The number of esters is 1. The van der Waals surface area contributed by atoms with Gasteiger partial charge in [-0.15, -0.1) is 11.3 Å². The number of carbonyl (C=O) groups excluding carboxylic acids is 2. The smallest absolute Gasteiger partial charge is 0.341 e. The lowest BCUT2D eigenvalue weighted by atomic mass is 10.0. The Balaban J connectivity index is 1.87. The number of nitrogens with one attached hydrogen (secondary N) is 1. The fourth-order valence-corrected chi connectivity index (χ4v) is 4.28. The third kappa shape index (κ3) is 6.74. The van der Waals surface area contributed by atoms with E-state index in [0.29, 0.717) is 29.3 Å². The zero-order valence-corrected chi connectivity index (χ0v) is 21.3. The Morgan fingerprint density at radius 1 is 0.972 bits per heavy atom. The Hall–Kier alpha value is -4.09. The van der Waals surface area contributed by atoms with Crippen molar-refractivity contribution in [1.29, 1.82) is 5.26 Å². The summed E-state index contributed by atoms with van der Waals surface area (Å²) < 4.78 is 16.3. The van der Waals surface area contributed by atoms with Crippen LogP contribution >= 0.6 is 11.3 Å². The van der Waals surface area contributed by atoms with Crippen molar-refractivity contribution in [3.05, 3.63) is 70.6 Å². The number of thiophene rings is 1. The summed E-state index contributed by atoms with van der Waals surface area (Å²) in [6.07, 6.45) is 2.39. The van der Waals surface area contributed by atoms with Crippen molar-refractivity contribution >= 4 is 34.3 Å². The van der Waals surface area contributed by atoms with Gasteiger partial charge in [-0.25, -0.2) is 4.79 Å². The van der Waals surface area contributed by atoms with E-state index in [-0.39, 0.29) is 17.7 Å². The van der Waals surface area contributed by atoms with E-state index in [4.69, 9.17) is 14.2 Å². The summed E-state index contributed by atoms with van der Waals surface area (Å²) in [7, 11) is 0. The first-order chi connectivity index (χ1) is 17.5. The Labute approximate surface area is 214 Å². The maximum atomic E-state index is 13.0. The van der Waals surface area contributed by atoms with Crippen LogP contribution in [0.1, 0.15) is 43.1 Å². The number of nitrogens with zero attached hydrogens (tertiary/aromatic N) is 1. The SMILES string of the molecule is CCCOc1ccc(/C=C(\C#N)C(=O)Nc2scc(-c3ccc(OCC)cc3)c2C(=O)OCC)cc1. The highest BCUT2D eigenvalue weighted by molar-refractivity contribution is 7.15. The van der Waals surface area contributed by atoms with Crippen molar-refractivity contribution in [1.82, 2.24) is 0 Å². The van der Waals surface area contributed by atoms with Gasteiger partial charge in [0.2, 0.25) is 0 Å². The Bertz CT molecular complexity index is 1250. The van der Waals surface area contributed by atoms with E-state index < -0.39 is 11.9 Å². The molecule has 3 aromatic rings. The second-order valence-electron chi connectivity index (χ2n) is 7.57. The minimum atomic E-state index is -0.616. The monoisotopic (exact) mass is 504 g/mol. The molecule has 0 aliphatic rings. The zero-order chi connectivity index (χ0) is 25.9. The van der Waals surface area contributed by atoms with Crippen LogP contribution < -0.4 is 14.8 Å². The molecule has 1 aromatic heterocycles. The molecule has 36 heavy (non-hydrogen) atoms. The summed E-state index contributed by atoms with van der Waals surface area (Å²) >= 11 is 1.19. The van der Waals surface area contributed by atoms with Crippen LogP contribution in [0, 0.1) is 11.3 Å². The lowest BCUT2D eigenvalue weighted by molar-refractivity contribution is -0.112. The molecule has 0 radical (unpaired) electrons. The summed E-state index contributed by atoms with van der Waals surface area (Å²) in [5.41, 5.74) is 2.23. The number of hydrogen-bond acceptors (Lipinski definition) is 7. The molecule has 2 aromatic carbocycles. The van der Waals surface area contributed by atoms with Crippen molar-refractivity contribution in [2.24, 2.45) is 0 Å². The van der Waals surface area contributed by atoms with E-state index in [1.54, 1.807) is 36.6 Å². The Morgan fingerprint density at radius 2 is 1.64 bits per heavy atom. The van der Waals surface area contributed by atoms with Crippen molar-refractivity contribution in [3.63, 3.8) is 0 Å². The van der Waals surface area contributed by atoms with E-state index in [2.05, 4.69) is 5.32 Å². The molecule has 0 saturated carbocycles. The summed E-state index contributed by atoms with van der Waals surface area (Å²) in [6, 6.07) is 16.4. The van der Waals surface area contributed by atoms with Crippen molar-refractivity contribution in [2.45, 2.75) is 27.2 Å². The standard InChI is InChI=1S/C28H28N2O5S/c1-4-15-35-23-11-7-19(8-12-23)16-21(17-29)26(31)30-27-25(28(32)34-6-3)24(18-36-27)20-9-13-22(14-10-20)33-5-2/h7-14,16,18H,4-6,15H2,1-3H3,(H,30,31)/b21-16+. The van der Waals surface area contributed by atoms with Crippen molar-refractivity contribution in [3.8, 4) is 28.7 Å². The zero-order valence-electron chi connectivity index (χ0n) is 20.5. The van der Waals surface area contributed by atoms with Gasteiger partial charge < -0.3 is 19.5 Å². The molecular weight excluding hydrogens is 476 g/mol. The van der Waals surface area contributed by atoms with Gasteiger partial charge in [-0.3, -0.25) is 4.79 Å². The van der Waals surface area contributed by atoms with Gasteiger partial charge >= 0.3 is 5.97 Å². The van der Waals surface area contributed by atoms with Gasteiger partial charge in [-0.05, 0) is 61.7 Å². The van der Waals surface area contributed by atoms with Gasteiger partial charge in [0, 0.05) is 10.9 Å². The molecule has 3 rings (SSSR count). The number of ether oxygens (including phenoxy) is 3. The second-order valence-corrected chi connectivity index (χ2v) is 8.45. The Morgan fingerprint density at radius 3 is 2.25 bits per heavy atom. The lowest BCUT2D eigenvalue weighted by Crippen LogP contribution is -2.16. The first kappa shape index (κ1) is 26.5. The normalized spacial score (nSPS) is 10.9. The molecule has 1 N–H and O–H groups in total. The molecule has 1 amide bonds. The van der Waals surface area contributed by atoms with Crippen molar-refractivity contribution < 1.29 is 23.8 Å². The molecule has 0 fully saturated rings. The van der Waals surface area contributed by atoms with Crippen LogP contribution in [0.25, 0.3) is 17.2 Å². The molecular formula is C28H28N2O5S. The molecule has 0 aliphatic carbocycles. The number of rotatable bonds is 11. The van der Waals surface area contributed by atoms with Crippen LogP contribution in [0.15, 0.2) is 59.5 Å². The number of benzene rings is 2. The van der Waals surface area contributed by atoms with Crippen LogP contribution in [0.4, 0.5) is 5.00 Å². The maximum Gasteiger partial charge on any atom is 0.341 e. The van der Waals surface area contributed by atoms with Gasteiger partial charge in [0.1, 0.15) is 33.7 Å². The van der Waals surface area contributed by atoms with Crippen LogP contribution in [0.2, 0.25) is 0 Å². The van der Waals surface area contributed by atoms with E-state index in [0.717, 1.165) is 23.5 Å². The lowest BCUT2D eigenvalue weighted by Gasteiger charge is -2.09. The van der Waals surface area contributed by atoms with Gasteiger partial charge in [-0.2, -0.15) is 5.26 Å². The minimum Gasteiger partial charge on any atom is -0.494 e. The third-order valence-electron chi connectivity index (χ3n) is 5.00. The van der Waals surface area contributed by atoms with E-state index in [9.17, 15) is 14.9 Å². The molecule has 0 saturated heterocycles. The molecule has 1 heterocycles. The maximum absolute atomic E-state index is 13.0. The highest BCUT2D eigenvalue weighted by Gasteiger charge is 2.24. The molecule has 0 spiro atoms. The van der Waals surface area contributed by atoms with Crippen molar-refractivity contribution in [2.75, 3.05) is 25.1 Å². The highest BCUT2D eigenvalue weighted by atomic mass is 32.1. The molecule has 0 bridgehead atoms. The largest absolute Gasteiger partial charge is 0.494 e. The first-order valence-corrected chi connectivity index (χ1v) is 12.6. The molecule has 0 aliphatic heterocycles. The van der Waals surface area contributed by atoms with E-state index >= 15 is 0 Å². The fourth-order valence-electron chi connectivity index (χ4n) is 3.33. The number of carbonyl (C=O) groups is 2. The fraction of sp³-hybridized carbons (Fsp3) is 0.250. The summed E-state index contributed by atoms with van der Waals surface area (Å²) in [6.45, 7) is 7.00. The predicted octanol–water partition coefficient (Wildman–Crippen LogP) is 6.32. The Kier molecular flexibility index (Phi) is 9.66. The molecule has 8 heteroatoms. The van der Waals surface area contributed by atoms with Crippen LogP contribution in [0.5, 0.6) is 11.5 Å².